The molecule has 5 rings (SSSR count). The summed E-state index contributed by atoms with van der Waals surface area (Å²) in [6, 6.07) is 20.1. The zero-order valence-corrected chi connectivity index (χ0v) is 20.5. The normalized spacial score (nSPS) is 15.6. The molecule has 0 saturated heterocycles. The van der Waals surface area contributed by atoms with Gasteiger partial charge in [0.05, 0.1) is 6.61 Å². The van der Waals surface area contributed by atoms with Crippen LogP contribution >= 0.6 is 11.6 Å². The molecular weight excluding hydrogens is 492 g/mol. The molecule has 3 aromatic carbocycles. The van der Waals surface area contributed by atoms with E-state index in [9.17, 15) is 9.90 Å². The molecule has 2 atom stereocenters. The topological polar surface area (TPSA) is 95.0 Å². The van der Waals surface area contributed by atoms with Crippen molar-refractivity contribution in [3.63, 3.8) is 0 Å². The lowest BCUT2D eigenvalue weighted by Crippen LogP contribution is -2.42. The van der Waals surface area contributed by atoms with E-state index >= 15 is 0 Å². The van der Waals surface area contributed by atoms with Crippen molar-refractivity contribution in [2.75, 3.05) is 19.8 Å². The van der Waals surface area contributed by atoms with E-state index < -0.39 is 18.2 Å². The summed E-state index contributed by atoms with van der Waals surface area (Å²) in [5.41, 5.74) is 4.97. The Morgan fingerprint density at radius 1 is 1.11 bits per heavy atom. The van der Waals surface area contributed by atoms with Crippen LogP contribution in [0.2, 0.25) is 5.02 Å². The van der Waals surface area contributed by atoms with Crippen molar-refractivity contribution in [2.45, 2.75) is 32.9 Å². The summed E-state index contributed by atoms with van der Waals surface area (Å²) in [5.74, 6) is 1.05. The summed E-state index contributed by atoms with van der Waals surface area (Å²) in [4.78, 5) is 18.6. The lowest BCUT2D eigenvalue weighted by Gasteiger charge is -2.35. The van der Waals surface area contributed by atoms with Gasteiger partial charge in [0, 0.05) is 28.2 Å². The number of rotatable bonds is 6. The maximum absolute atomic E-state index is 13.4. The number of ether oxygens (including phenoxy) is 2. The minimum atomic E-state index is -0.948. The number of aliphatic hydroxyl groups is 2. The second-order valence-corrected chi connectivity index (χ2v) is 9.39. The molecule has 0 bridgehead atoms. The fourth-order valence-corrected chi connectivity index (χ4v) is 4.73. The zero-order valence-electron chi connectivity index (χ0n) is 19.8. The van der Waals surface area contributed by atoms with Crippen molar-refractivity contribution in [1.82, 2.24) is 9.88 Å². The van der Waals surface area contributed by atoms with Gasteiger partial charge in [-0.15, -0.1) is 0 Å². The number of halogens is 1. The number of benzene rings is 3. The van der Waals surface area contributed by atoms with Gasteiger partial charge in [0.2, 0.25) is 0 Å². The first-order valence-corrected chi connectivity index (χ1v) is 12.2. The highest BCUT2D eigenvalue weighted by atomic mass is 35.5. The minimum absolute atomic E-state index is 0. The first-order chi connectivity index (χ1) is 17.4. The molecule has 0 spiro atoms. The van der Waals surface area contributed by atoms with Crippen LogP contribution in [0.4, 0.5) is 4.79 Å². The molecule has 1 aliphatic rings. The van der Waals surface area contributed by atoms with E-state index in [0.29, 0.717) is 29.5 Å². The Hall–Kier alpha value is -3.52. The highest BCUT2D eigenvalue weighted by Crippen LogP contribution is 2.40. The van der Waals surface area contributed by atoms with Gasteiger partial charge in [-0.1, -0.05) is 48.9 Å². The van der Waals surface area contributed by atoms with Crippen LogP contribution in [0, 0.1) is 6.92 Å². The van der Waals surface area contributed by atoms with Gasteiger partial charge in [-0.2, -0.15) is 0 Å². The number of aliphatic hydroxyl groups excluding tert-OH is 2. The van der Waals surface area contributed by atoms with E-state index in [1.807, 2.05) is 49.4 Å². The third-order valence-corrected chi connectivity index (χ3v) is 6.63. The second-order valence-electron chi connectivity index (χ2n) is 8.95. The second kappa shape index (κ2) is 11.3. The number of carbonyl (C=O) groups is 1. The number of H-pyrrole nitrogens is 1. The molecule has 7 nitrogen and oxygen atoms in total. The lowest BCUT2D eigenvalue weighted by molar-refractivity contribution is 0.0536. The van der Waals surface area contributed by atoms with Crippen LogP contribution in [0.25, 0.3) is 10.9 Å². The summed E-state index contributed by atoms with van der Waals surface area (Å²) in [6.07, 6.45) is -0.719. The molecule has 0 unspecified atom stereocenters. The van der Waals surface area contributed by atoms with Gasteiger partial charge in [-0.05, 0) is 66.9 Å². The molecule has 1 aromatic heterocycles. The Bertz CT molecular complexity index is 1370. The molecule has 2 heterocycles. The zero-order chi connectivity index (χ0) is 25.2. The number of fused-ring (bicyclic) bond motifs is 3. The molecule has 37 heavy (non-hydrogen) atoms. The Balaban J connectivity index is 0.00000320. The maximum Gasteiger partial charge on any atom is 0.416 e. The number of aromatic amines is 1. The quantitative estimate of drug-likeness (QED) is 0.304. The van der Waals surface area contributed by atoms with E-state index in [1.165, 1.54) is 0 Å². The van der Waals surface area contributed by atoms with Crippen molar-refractivity contribution in [3.8, 4) is 11.5 Å². The van der Waals surface area contributed by atoms with Crippen LogP contribution in [-0.4, -0.2) is 52.1 Å². The SMILES string of the molecule is C.Cc1ccc(OC(=O)N2CCc3c([nH]c4ccc(Cl)cc34)[C@@H]2c2ccc(OC[C@H](O)CO)cc2)cc1. The first-order valence-electron chi connectivity index (χ1n) is 11.8. The largest absolute Gasteiger partial charge is 0.491 e. The Labute approximate surface area is 221 Å². The molecule has 0 fully saturated rings. The number of hydrogen-bond acceptors (Lipinski definition) is 5. The molecular formula is C29H31ClN2O5. The predicted molar refractivity (Wildman–Crippen MR) is 145 cm³/mol. The summed E-state index contributed by atoms with van der Waals surface area (Å²) in [6.45, 7) is 2.07. The molecule has 0 aliphatic carbocycles. The molecule has 3 N–H and O–H groups in total. The van der Waals surface area contributed by atoms with Gasteiger partial charge in [-0.25, -0.2) is 4.79 Å². The van der Waals surface area contributed by atoms with Crippen molar-refractivity contribution in [3.05, 3.63) is 94.1 Å². The Morgan fingerprint density at radius 3 is 2.51 bits per heavy atom. The molecule has 0 saturated carbocycles. The van der Waals surface area contributed by atoms with Gasteiger partial charge < -0.3 is 24.7 Å². The molecule has 4 aromatic rings. The Kier molecular flexibility index (Phi) is 8.07. The molecule has 194 valence electrons. The van der Waals surface area contributed by atoms with Crippen molar-refractivity contribution >= 4 is 28.6 Å². The standard InChI is InChI=1S/C28H27ClN2O5.CH4/c1-17-2-7-22(8-3-17)36-28(34)31-13-12-23-24-14-19(29)6-11-25(24)30-26(23)27(31)18-4-9-21(10-5-18)35-16-20(33)15-32;/h2-11,14,20,27,30,32-33H,12-13,15-16H2,1H3;1H4/t20-,27+;/m1./s1. The fourth-order valence-electron chi connectivity index (χ4n) is 4.56. The summed E-state index contributed by atoms with van der Waals surface area (Å²) < 4.78 is 11.3. The van der Waals surface area contributed by atoms with Crippen molar-refractivity contribution < 1.29 is 24.5 Å². The van der Waals surface area contributed by atoms with E-state index in [2.05, 4.69) is 4.98 Å². The molecule has 1 aliphatic heterocycles. The van der Waals surface area contributed by atoms with Crippen LogP contribution in [0.5, 0.6) is 11.5 Å². The summed E-state index contributed by atoms with van der Waals surface area (Å²) in [5, 5.41) is 20.3. The highest BCUT2D eigenvalue weighted by molar-refractivity contribution is 6.31. The van der Waals surface area contributed by atoms with Crippen LogP contribution in [0.1, 0.15) is 35.9 Å². The monoisotopic (exact) mass is 522 g/mol. The minimum Gasteiger partial charge on any atom is -0.491 e. The maximum atomic E-state index is 13.4. The fraction of sp³-hybridized carbons (Fsp3) is 0.276. The van der Waals surface area contributed by atoms with Crippen LogP contribution in [0.3, 0.4) is 0 Å². The number of aromatic nitrogens is 1. The first kappa shape index (κ1) is 26.5. The number of nitrogens with one attached hydrogen (secondary N) is 1. The smallest absolute Gasteiger partial charge is 0.416 e. The summed E-state index contributed by atoms with van der Waals surface area (Å²) >= 11 is 6.29. The van der Waals surface area contributed by atoms with E-state index in [0.717, 1.165) is 33.3 Å². The van der Waals surface area contributed by atoms with Crippen LogP contribution in [-0.2, 0) is 6.42 Å². The van der Waals surface area contributed by atoms with Gasteiger partial charge in [-0.3, -0.25) is 4.90 Å². The molecule has 8 heteroatoms. The van der Waals surface area contributed by atoms with E-state index in [4.69, 9.17) is 26.2 Å². The molecule has 1 amide bonds. The number of amides is 1. The van der Waals surface area contributed by atoms with Gasteiger partial charge in [0.1, 0.15) is 30.3 Å². The number of hydrogen-bond donors (Lipinski definition) is 3. The van der Waals surface area contributed by atoms with Gasteiger partial charge >= 0.3 is 6.09 Å². The van der Waals surface area contributed by atoms with Crippen molar-refractivity contribution in [1.29, 1.82) is 0 Å². The Morgan fingerprint density at radius 2 is 1.81 bits per heavy atom. The van der Waals surface area contributed by atoms with Crippen molar-refractivity contribution in [2.24, 2.45) is 0 Å². The summed E-state index contributed by atoms with van der Waals surface area (Å²) in [7, 11) is 0. The van der Waals surface area contributed by atoms with Gasteiger partial charge in [0.25, 0.3) is 0 Å². The molecule has 0 radical (unpaired) electrons. The van der Waals surface area contributed by atoms with Gasteiger partial charge in [0.15, 0.2) is 0 Å². The third kappa shape index (κ3) is 5.59. The van der Waals surface area contributed by atoms with E-state index in [1.54, 1.807) is 29.2 Å². The number of aryl methyl sites for hydroxylation is 1. The van der Waals surface area contributed by atoms with Crippen LogP contribution in [0.15, 0.2) is 66.7 Å². The predicted octanol–water partition coefficient (Wildman–Crippen LogP) is 5.64. The third-order valence-electron chi connectivity index (χ3n) is 6.40. The highest BCUT2D eigenvalue weighted by Gasteiger charge is 2.35. The van der Waals surface area contributed by atoms with Crippen LogP contribution < -0.4 is 9.47 Å². The lowest BCUT2D eigenvalue weighted by atomic mass is 9.92. The van der Waals surface area contributed by atoms with E-state index in [-0.39, 0.29) is 20.6 Å². The average Bonchev–Trinajstić information content (AvgIpc) is 3.26. The number of carbonyl (C=O) groups excluding carboxylic acids is 1. The number of nitrogens with zero attached hydrogens (tertiary/aromatic N) is 1. The average molecular weight is 523 g/mol.